The standard InChI is InChI=1S/C16H21N5O3/c1-22-13-6-5-11(8-14(13)23-2)19-15-10-18-21-16(20-15)17-9-12-4-3-7-24-12/h5-6,8,10,12H,3-4,7,9H2,1-2H3,(H2,17,19,20,21). The van der Waals surface area contributed by atoms with Crippen molar-refractivity contribution in [1.82, 2.24) is 15.2 Å². The number of methoxy groups -OCH3 is 2. The third-order valence-corrected chi connectivity index (χ3v) is 3.73. The molecule has 1 atom stereocenters. The lowest BCUT2D eigenvalue weighted by molar-refractivity contribution is 0.120. The number of hydrogen-bond acceptors (Lipinski definition) is 8. The van der Waals surface area contributed by atoms with Crippen LogP contribution in [0.2, 0.25) is 0 Å². The molecule has 24 heavy (non-hydrogen) atoms. The van der Waals surface area contributed by atoms with Crippen LogP contribution < -0.4 is 20.1 Å². The molecule has 0 bridgehead atoms. The molecule has 2 aromatic rings. The average molecular weight is 331 g/mol. The van der Waals surface area contributed by atoms with Gasteiger partial charge < -0.3 is 24.8 Å². The van der Waals surface area contributed by atoms with Gasteiger partial charge in [0.25, 0.3) is 0 Å². The number of nitrogens with one attached hydrogen (secondary N) is 2. The fraction of sp³-hybridized carbons (Fsp3) is 0.438. The molecule has 1 saturated heterocycles. The summed E-state index contributed by atoms with van der Waals surface area (Å²) in [6.45, 7) is 1.51. The first-order chi connectivity index (χ1) is 11.8. The number of rotatable bonds is 7. The van der Waals surface area contributed by atoms with Gasteiger partial charge in [-0.05, 0) is 25.0 Å². The van der Waals surface area contributed by atoms with E-state index in [1.165, 1.54) is 0 Å². The minimum Gasteiger partial charge on any atom is -0.493 e. The lowest BCUT2D eigenvalue weighted by Crippen LogP contribution is -2.20. The summed E-state index contributed by atoms with van der Waals surface area (Å²) in [5, 5.41) is 14.3. The van der Waals surface area contributed by atoms with Crippen LogP contribution in [0.4, 0.5) is 17.5 Å². The molecule has 0 amide bonds. The molecule has 2 N–H and O–H groups in total. The van der Waals surface area contributed by atoms with E-state index in [-0.39, 0.29) is 6.10 Å². The molecule has 0 spiro atoms. The van der Waals surface area contributed by atoms with Crippen molar-refractivity contribution in [2.75, 3.05) is 38.0 Å². The molecule has 0 radical (unpaired) electrons. The van der Waals surface area contributed by atoms with E-state index in [2.05, 4.69) is 25.8 Å². The third kappa shape index (κ3) is 4.02. The Bertz CT molecular complexity index is 677. The molecule has 0 aliphatic carbocycles. The predicted molar refractivity (Wildman–Crippen MR) is 90.1 cm³/mol. The molecule has 0 saturated carbocycles. The highest BCUT2D eigenvalue weighted by atomic mass is 16.5. The zero-order chi connectivity index (χ0) is 16.8. The molecule has 1 aromatic carbocycles. The summed E-state index contributed by atoms with van der Waals surface area (Å²) in [5.41, 5.74) is 0.818. The van der Waals surface area contributed by atoms with Crippen LogP contribution in [0.1, 0.15) is 12.8 Å². The lowest BCUT2D eigenvalue weighted by atomic mass is 10.2. The van der Waals surface area contributed by atoms with Gasteiger partial charge in [0.1, 0.15) is 0 Å². The number of aromatic nitrogens is 3. The van der Waals surface area contributed by atoms with E-state index in [0.29, 0.717) is 29.8 Å². The number of anilines is 3. The van der Waals surface area contributed by atoms with Crippen LogP contribution >= 0.6 is 0 Å². The first-order valence-electron chi connectivity index (χ1n) is 7.82. The van der Waals surface area contributed by atoms with Gasteiger partial charge in [-0.15, -0.1) is 5.10 Å². The van der Waals surface area contributed by atoms with Crippen LogP contribution in [-0.4, -0.2) is 48.7 Å². The molecule has 2 heterocycles. The van der Waals surface area contributed by atoms with Crippen molar-refractivity contribution in [1.29, 1.82) is 0 Å². The van der Waals surface area contributed by atoms with E-state index >= 15 is 0 Å². The van der Waals surface area contributed by atoms with Crippen molar-refractivity contribution >= 4 is 17.5 Å². The van der Waals surface area contributed by atoms with Gasteiger partial charge in [0.05, 0.1) is 26.5 Å². The van der Waals surface area contributed by atoms with Gasteiger partial charge in [-0.25, -0.2) is 0 Å². The first-order valence-corrected chi connectivity index (χ1v) is 7.82. The molecule has 8 heteroatoms. The summed E-state index contributed by atoms with van der Waals surface area (Å²) in [4.78, 5) is 4.40. The summed E-state index contributed by atoms with van der Waals surface area (Å²) in [6.07, 6.45) is 3.95. The SMILES string of the molecule is COc1ccc(Nc2cnnc(NCC3CCCO3)n2)cc1OC. The molecule has 1 aromatic heterocycles. The van der Waals surface area contributed by atoms with E-state index in [1.54, 1.807) is 20.4 Å². The molecule has 1 unspecified atom stereocenters. The average Bonchev–Trinajstić information content (AvgIpc) is 3.14. The Morgan fingerprint density at radius 2 is 2.12 bits per heavy atom. The summed E-state index contributed by atoms with van der Waals surface area (Å²) in [7, 11) is 3.20. The van der Waals surface area contributed by atoms with Crippen molar-refractivity contribution in [2.45, 2.75) is 18.9 Å². The van der Waals surface area contributed by atoms with Gasteiger partial charge >= 0.3 is 0 Å². The smallest absolute Gasteiger partial charge is 0.244 e. The Morgan fingerprint density at radius 3 is 2.88 bits per heavy atom. The number of benzene rings is 1. The quantitative estimate of drug-likeness (QED) is 0.798. The van der Waals surface area contributed by atoms with Crippen LogP contribution in [0, 0.1) is 0 Å². The topological polar surface area (TPSA) is 90.4 Å². The number of ether oxygens (including phenoxy) is 3. The van der Waals surface area contributed by atoms with Gasteiger partial charge in [0, 0.05) is 24.9 Å². The Labute approximate surface area is 140 Å². The zero-order valence-electron chi connectivity index (χ0n) is 13.8. The Morgan fingerprint density at radius 1 is 1.25 bits per heavy atom. The Hall–Kier alpha value is -2.61. The normalized spacial score (nSPS) is 16.7. The van der Waals surface area contributed by atoms with Gasteiger partial charge in [-0.3, -0.25) is 0 Å². The molecular formula is C16H21N5O3. The second-order valence-electron chi connectivity index (χ2n) is 5.38. The van der Waals surface area contributed by atoms with Crippen LogP contribution in [0.15, 0.2) is 24.4 Å². The Kier molecular flexibility index (Phi) is 5.27. The van der Waals surface area contributed by atoms with Gasteiger partial charge in [-0.2, -0.15) is 10.1 Å². The number of nitrogens with zero attached hydrogens (tertiary/aromatic N) is 3. The van der Waals surface area contributed by atoms with Gasteiger partial charge in [0.15, 0.2) is 17.3 Å². The van der Waals surface area contributed by atoms with Crippen LogP contribution in [0.5, 0.6) is 11.5 Å². The second-order valence-corrected chi connectivity index (χ2v) is 5.38. The highest BCUT2D eigenvalue weighted by Crippen LogP contribution is 2.30. The number of hydrogen-bond donors (Lipinski definition) is 2. The van der Waals surface area contributed by atoms with Crippen LogP contribution in [-0.2, 0) is 4.74 Å². The molecule has 1 fully saturated rings. The largest absolute Gasteiger partial charge is 0.493 e. The predicted octanol–water partition coefficient (Wildman–Crippen LogP) is 2.22. The van der Waals surface area contributed by atoms with Gasteiger partial charge in [0.2, 0.25) is 5.95 Å². The second kappa shape index (κ2) is 7.78. The monoisotopic (exact) mass is 331 g/mol. The van der Waals surface area contributed by atoms with Crippen molar-refractivity contribution in [3.05, 3.63) is 24.4 Å². The molecule has 128 valence electrons. The highest BCUT2D eigenvalue weighted by molar-refractivity contribution is 5.61. The van der Waals surface area contributed by atoms with Crippen LogP contribution in [0.3, 0.4) is 0 Å². The minimum atomic E-state index is 0.219. The Balaban J connectivity index is 1.65. The summed E-state index contributed by atoms with van der Waals surface area (Å²) < 4.78 is 16.1. The van der Waals surface area contributed by atoms with E-state index in [9.17, 15) is 0 Å². The zero-order valence-corrected chi connectivity index (χ0v) is 13.8. The maximum Gasteiger partial charge on any atom is 0.244 e. The van der Waals surface area contributed by atoms with Crippen LogP contribution in [0.25, 0.3) is 0 Å². The van der Waals surface area contributed by atoms with Crippen molar-refractivity contribution in [2.24, 2.45) is 0 Å². The molecular weight excluding hydrogens is 310 g/mol. The maximum absolute atomic E-state index is 5.57. The third-order valence-electron chi connectivity index (χ3n) is 3.73. The van der Waals surface area contributed by atoms with E-state index in [4.69, 9.17) is 14.2 Å². The van der Waals surface area contributed by atoms with E-state index in [1.807, 2.05) is 18.2 Å². The van der Waals surface area contributed by atoms with E-state index in [0.717, 1.165) is 25.1 Å². The van der Waals surface area contributed by atoms with E-state index < -0.39 is 0 Å². The fourth-order valence-electron chi connectivity index (χ4n) is 2.51. The molecule has 1 aliphatic rings. The van der Waals surface area contributed by atoms with Crippen molar-refractivity contribution in [3.63, 3.8) is 0 Å². The summed E-state index contributed by atoms with van der Waals surface area (Å²) >= 11 is 0. The maximum atomic E-state index is 5.57. The molecule has 1 aliphatic heterocycles. The van der Waals surface area contributed by atoms with Crippen molar-refractivity contribution < 1.29 is 14.2 Å². The highest BCUT2D eigenvalue weighted by Gasteiger charge is 2.15. The first kappa shape index (κ1) is 16.3. The fourth-order valence-corrected chi connectivity index (χ4v) is 2.51. The van der Waals surface area contributed by atoms with Crippen molar-refractivity contribution in [3.8, 4) is 11.5 Å². The lowest BCUT2D eigenvalue weighted by Gasteiger charge is -2.12. The minimum absolute atomic E-state index is 0.219. The summed E-state index contributed by atoms with van der Waals surface area (Å²) in [6, 6.07) is 5.54. The van der Waals surface area contributed by atoms with Gasteiger partial charge in [-0.1, -0.05) is 0 Å². The summed E-state index contributed by atoms with van der Waals surface area (Å²) in [5.74, 6) is 2.37. The molecule has 3 rings (SSSR count). The molecule has 8 nitrogen and oxygen atoms in total.